The smallest absolute Gasteiger partial charge is 0.115 e. The van der Waals surface area contributed by atoms with Gasteiger partial charge in [0, 0.05) is 19.3 Å². The second-order valence-corrected chi connectivity index (χ2v) is 5.60. The largest absolute Gasteiger partial charge is 0.508 e. The van der Waals surface area contributed by atoms with Crippen molar-refractivity contribution in [2.75, 3.05) is 19.8 Å². The van der Waals surface area contributed by atoms with Gasteiger partial charge in [0.1, 0.15) is 5.75 Å². The van der Waals surface area contributed by atoms with Crippen molar-refractivity contribution < 1.29 is 9.84 Å². The van der Waals surface area contributed by atoms with Crippen LogP contribution in [0, 0.1) is 0 Å². The Morgan fingerprint density at radius 2 is 2.15 bits per heavy atom. The predicted octanol–water partition coefficient (Wildman–Crippen LogP) is 3.57. The van der Waals surface area contributed by atoms with Gasteiger partial charge in [0.25, 0.3) is 0 Å². The lowest BCUT2D eigenvalue weighted by Gasteiger charge is -2.26. The molecule has 0 amide bonds. The first kappa shape index (κ1) is 15.3. The molecule has 20 heavy (non-hydrogen) atoms. The van der Waals surface area contributed by atoms with E-state index in [1.54, 1.807) is 6.07 Å². The van der Waals surface area contributed by atoms with Gasteiger partial charge in [-0.2, -0.15) is 0 Å². The molecule has 3 heteroatoms. The molecule has 1 aliphatic carbocycles. The second kappa shape index (κ2) is 8.28. The maximum atomic E-state index is 9.65. The van der Waals surface area contributed by atoms with E-state index in [4.69, 9.17) is 4.74 Å². The van der Waals surface area contributed by atoms with Crippen LogP contribution in [0.2, 0.25) is 0 Å². The first-order valence-corrected chi connectivity index (χ1v) is 7.94. The van der Waals surface area contributed by atoms with Gasteiger partial charge in [0.05, 0.1) is 0 Å². The van der Waals surface area contributed by atoms with Crippen LogP contribution in [0.15, 0.2) is 18.2 Å². The summed E-state index contributed by atoms with van der Waals surface area (Å²) in [6.07, 6.45) is 6.92. The fraction of sp³-hybridized carbons (Fsp3) is 0.647. The quantitative estimate of drug-likeness (QED) is 0.714. The molecule has 0 aromatic heterocycles. The Bertz CT molecular complexity index is 406. The topological polar surface area (TPSA) is 41.5 Å². The van der Waals surface area contributed by atoms with Crippen molar-refractivity contribution in [1.82, 2.24) is 5.32 Å². The monoisotopic (exact) mass is 277 g/mol. The minimum Gasteiger partial charge on any atom is -0.508 e. The Labute approximate surface area is 122 Å². The maximum absolute atomic E-state index is 9.65. The third-order valence-corrected chi connectivity index (χ3v) is 3.94. The van der Waals surface area contributed by atoms with E-state index in [1.165, 1.54) is 24.0 Å². The number of fused-ring (bicyclic) bond motifs is 1. The summed E-state index contributed by atoms with van der Waals surface area (Å²) in [6, 6.07) is 6.17. The standard InChI is InChI=1S/C17H27NO2/c1-2-3-11-20-12-5-10-18-17-7-4-6-14-8-9-15(19)13-16(14)17/h8-9,13,17-19H,2-7,10-12H2,1H3. The summed E-state index contributed by atoms with van der Waals surface area (Å²) in [6.45, 7) is 4.88. The van der Waals surface area contributed by atoms with Crippen LogP contribution in [0.5, 0.6) is 5.75 Å². The Kier molecular flexibility index (Phi) is 6.34. The van der Waals surface area contributed by atoms with Gasteiger partial charge in [-0.3, -0.25) is 0 Å². The lowest BCUT2D eigenvalue weighted by molar-refractivity contribution is 0.128. The zero-order valence-corrected chi connectivity index (χ0v) is 12.5. The van der Waals surface area contributed by atoms with Gasteiger partial charge in [-0.1, -0.05) is 19.4 Å². The first-order valence-electron chi connectivity index (χ1n) is 7.94. The molecule has 1 atom stereocenters. The lowest BCUT2D eigenvalue weighted by atomic mass is 9.87. The number of unbranched alkanes of at least 4 members (excludes halogenated alkanes) is 1. The minimum atomic E-state index is 0.375. The van der Waals surface area contributed by atoms with E-state index >= 15 is 0 Å². The molecule has 0 radical (unpaired) electrons. The number of aryl methyl sites for hydroxylation is 1. The Balaban J connectivity index is 1.73. The molecule has 0 spiro atoms. The highest BCUT2D eigenvalue weighted by atomic mass is 16.5. The molecule has 1 aromatic rings. The van der Waals surface area contributed by atoms with Gasteiger partial charge >= 0.3 is 0 Å². The van der Waals surface area contributed by atoms with Crippen molar-refractivity contribution in [3.63, 3.8) is 0 Å². The molecule has 0 fully saturated rings. The van der Waals surface area contributed by atoms with Gasteiger partial charge in [-0.05, 0) is 61.9 Å². The number of ether oxygens (including phenoxy) is 1. The lowest BCUT2D eigenvalue weighted by Crippen LogP contribution is -2.26. The molecule has 1 unspecified atom stereocenters. The van der Waals surface area contributed by atoms with Crippen LogP contribution in [0.1, 0.15) is 56.2 Å². The molecule has 0 saturated carbocycles. The molecule has 0 saturated heterocycles. The van der Waals surface area contributed by atoms with Crippen molar-refractivity contribution in [3.05, 3.63) is 29.3 Å². The molecule has 112 valence electrons. The second-order valence-electron chi connectivity index (χ2n) is 5.60. The molecular formula is C17H27NO2. The summed E-state index contributed by atoms with van der Waals surface area (Å²) in [5.41, 5.74) is 2.66. The molecule has 2 N–H and O–H groups in total. The van der Waals surface area contributed by atoms with E-state index in [-0.39, 0.29) is 0 Å². The van der Waals surface area contributed by atoms with Crippen molar-refractivity contribution in [2.24, 2.45) is 0 Å². The van der Waals surface area contributed by atoms with E-state index in [2.05, 4.69) is 18.3 Å². The highest BCUT2D eigenvalue weighted by Gasteiger charge is 2.19. The molecule has 1 aromatic carbocycles. The van der Waals surface area contributed by atoms with Crippen LogP contribution >= 0.6 is 0 Å². The molecule has 0 aliphatic heterocycles. The van der Waals surface area contributed by atoms with Crippen LogP contribution in [0.3, 0.4) is 0 Å². The van der Waals surface area contributed by atoms with Gasteiger partial charge < -0.3 is 15.2 Å². The molecule has 0 bridgehead atoms. The van der Waals surface area contributed by atoms with Gasteiger partial charge in [0.15, 0.2) is 0 Å². The number of aromatic hydroxyl groups is 1. The molecule has 2 rings (SSSR count). The zero-order chi connectivity index (χ0) is 14.2. The fourth-order valence-corrected chi connectivity index (χ4v) is 2.80. The van der Waals surface area contributed by atoms with E-state index in [9.17, 15) is 5.11 Å². The summed E-state index contributed by atoms with van der Waals surface area (Å²) in [5, 5.41) is 13.3. The Morgan fingerprint density at radius 1 is 1.30 bits per heavy atom. The Hall–Kier alpha value is -1.06. The van der Waals surface area contributed by atoms with E-state index in [0.717, 1.165) is 45.4 Å². The van der Waals surface area contributed by atoms with Crippen molar-refractivity contribution >= 4 is 0 Å². The van der Waals surface area contributed by atoms with Gasteiger partial charge in [-0.15, -0.1) is 0 Å². The number of hydrogen-bond acceptors (Lipinski definition) is 3. The average Bonchev–Trinajstić information content (AvgIpc) is 2.46. The van der Waals surface area contributed by atoms with E-state index < -0.39 is 0 Å². The van der Waals surface area contributed by atoms with E-state index in [1.807, 2.05) is 6.07 Å². The highest BCUT2D eigenvalue weighted by molar-refractivity contribution is 5.38. The molecule has 1 aliphatic rings. The third kappa shape index (κ3) is 4.50. The van der Waals surface area contributed by atoms with Crippen LogP contribution in [0.4, 0.5) is 0 Å². The minimum absolute atomic E-state index is 0.375. The first-order chi connectivity index (χ1) is 9.81. The van der Waals surface area contributed by atoms with Crippen molar-refractivity contribution in [2.45, 2.75) is 51.5 Å². The van der Waals surface area contributed by atoms with Gasteiger partial charge in [0.2, 0.25) is 0 Å². The number of hydrogen-bond donors (Lipinski definition) is 2. The molecule has 3 nitrogen and oxygen atoms in total. The number of phenolic OH excluding ortho intramolecular Hbond substituents is 1. The van der Waals surface area contributed by atoms with Crippen LogP contribution in [0.25, 0.3) is 0 Å². The SMILES string of the molecule is CCCCOCCCNC1CCCc2ccc(O)cc21. The number of rotatable bonds is 8. The molecule has 0 heterocycles. The summed E-state index contributed by atoms with van der Waals surface area (Å²) in [4.78, 5) is 0. The van der Waals surface area contributed by atoms with Crippen LogP contribution < -0.4 is 5.32 Å². The average molecular weight is 277 g/mol. The summed E-state index contributed by atoms with van der Waals surface area (Å²) < 4.78 is 5.57. The number of nitrogens with one attached hydrogen (secondary N) is 1. The van der Waals surface area contributed by atoms with Crippen molar-refractivity contribution in [3.8, 4) is 5.75 Å². The number of phenols is 1. The summed E-state index contributed by atoms with van der Waals surface area (Å²) in [7, 11) is 0. The van der Waals surface area contributed by atoms with Crippen LogP contribution in [-0.4, -0.2) is 24.9 Å². The normalized spacial score (nSPS) is 17.9. The van der Waals surface area contributed by atoms with E-state index in [0.29, 0.717) is 11.8 Å². The van der Waals surface area contributed by atoms with Crippen molar-refractivity contribution in [1.29, 1.82) is 0 Å². The fourth-order valence-electron chi connectivity index (χ4n) is 2.80. The predicted molar refractivity (Wildman–Crippen MR) is 82.1 cm³/mol. The zero-order valence-electron chi connectivity index (χ0n) is 12.5. The highest BCUT2D eigenvalue weighted by Crippen LogP contribution is 2.31. The third-order valence-electron chi connectivity index (χ3n) is 3.94. The Morgan fingerprint density at radius 3 is 3.00 bits per heavy atom. The van der Waals surface area contributed by atoms with Gasteiger partial charge in [-0.25, -0.2) is 0 Å². The molecular weight excluding hydrogens is 250 g/mol. The summed E-state index contributed by atoms with van der Waals surface area (Å²) >= 11 is 0. The maximum Gasteiger partial charge on any atom is 0.115 e. The van der Waals surface area contributed by atoms with Crippen LogP contribution in [-0.2, 0) is 11.2 Å². The number of benzene rings is 1. The summed E-state index contributed by atoms with van der Waals surface area (Å²) in [5.74, 6) is 0.375.